The van der Waals surface area contributed by atoms with Crippen LogP contribution in [0.1, 0.15) is 32.1 Å². The Hall–Kier alpha value is -3.14. The standard InChI is InChI=1S/C26H24F3NO4S/c1-24(2,19-13-16(7-8-22(19)32)17-10-12-35-14-17)15-25(34,26(27,28)29)23(33)30-11-9-21(31)18-5-3-4-6-20(18)30/h3-14,23,32-34H,15H2,1-2H3. The minimum absolute atomic E-state index is 0.0512. The zero-order chi connectivity index (χ0) is 25.6. The van der Waals surface area contributed by atoms with Gasteiger partial charge in [-0.2, -0.15) is 24.5 Å². The maximum atomic E-state index is 14.4. The lowest BCUT2D eigenvalue weighted by Gasteiger charge is -2.41. The highest BCUT2D eigenvalue weighted by atomic mass is 32.1. The molecule has 0 amide bonds. The summed E-state index contributed by atoms with van der Waals surface area (Å²) in [6.07, 6.45) is -7.64. The first kappa shape index (κ1) is 25.0. The second kappa shape index (κ2) is 8.82. The van der Waals surface area contributed by atoms with Crippen molar-refractivity contribution in [2.24, 2.45) is 0 Å². The summed E-state index contributed by atoms with van der Waals surface area (Å²) in [6.45, 7) is 2.93. The van der Waals surface area contributed by atoms with E-state index in [1.165, 1.54) is 49.4 Å². The number of thiophene rings is 1. The first-order valence-corrected chi connectivity index (χ1v) is 11.7. The van der Waals surface area contributed by atoms with Crippen LogP contribution in [-0.2, 0) is 5.41 Å². The summed E-state index contributed by atoms with van der Waals surface area (Å²) in [7, 11) is 0. The lowest BCUT2D eigenvalue weighted by Crippen LogP contribution is -2.55. The molecule has 184 valence electrons. The van der Waals surface area contributed by atoms with Crippen LogP contribution >= 0.6 is 11.3 Å². The van der Waals surface area contributed by atoms with Gasteiger partial charge in [0.1, 0.15) is 5.75 Å². The zero-order valence-corrected chi connectivity index (χ0v) is 19.8. The number of aromatic nitrogens is 1. The van der Waals surface area contributed by atoms with Crippen molar-refractivity contribution in [3.05, 3.63) is 87.3 Å². The van der Waals surface area contributed by atoms with Gasteiger partial charge >= 0.3 is 6.18 Å². The number of benzene rings is 2. The van der Waals surface area contributed by atoms with Gasteiger partial charge in [-0.05, 0) is 64.1 Å². The Labute approximate surface area is 203 Å². The Balaban J connectivity index is 1.81. The SMILES string of the molecule is CC(C)(CC(O)(C(O)n1ccc(=O)c2ccccc21)C(F)(F)F)c1cc(-c2ccsc2)ccc1O. The minimum atomic E-state index is -5.24. The molecule has 2 aromatic heterocycles. The molecule has 2 aromatic carbocycles. The van der Waals surface area contributed by atoms with Gasteiger partial charge in [-0.15, -0.1) is 0 Å². The number of phenols is 1. The normalized spacial score (nSPS) is 15.2. The van der Waals surface area contributed by atoms with E-state index in [0.29, 0.717) is 5.56 Å². The van der Waals surface area contributed by atoms with E-state index in [4.69, 9.17) is 0 Å². The predicted molar refractivity (Wildman–Crippen MR) is 130 cm³/mol. The van der Waals surface area contributed by atoms with E-state index in [2.05, 4.69) is 0 Å². The molecule has 2 unspecified atom stereocenters. The molecule has 4 rings (SSSR count). The molecule has 3 N–H and O–H groups in total. The molecule has 5 nitrogen and oxygen atoms in total. The van der Waals surface area contributed by atoms with Gasteiger partial charge in [-0.3, -0.25) is 4.79 Å². The van der Waals surface area contributed by atoms with Crippen molar-refractivity contribution in [3.8, 4) is 16.9 Å². The smallest absolute Gasteiger partial charge is 0.421 e. The maximum Gasteiger partial charge on any atom is 0.421 e. The summed E-state index contributed by atoms with van der Waals surface area (Å²) in [5.74, 6) is -0.221. The molecule has 0 saturated carbocycles. The fourth-order valence-corrected chi connectivity index (χ4v) is 5.13. The molecule has 0 aliphatic carbocycles. The Morgan fingerprint density at radius 3 is 2.40 bits per heavy atom. The van der Waals surface area contributed by atoms with Crippen LogP contribution in [0.15, 0.2) is 76.3 Å². The van der Waals surface area contributed by atoms with E-state index in [1.807, 2.05) is 16.8 Å². The van der Waals surface area contributed by atoms with Crippen molar-refractivity contribution in [1.82, 2.24) is 4.57 Å². The summed E-state index contributed by atoms with van der Waals surface area (Å²) in [6, 6.07) is 13.5. The van der Waals surface area contributed by atoms with E-state index in [1.54, 1.807) is 18.2 Å². The Morgan fingerprint density at radius 2 is 1.74 bits per heavy atom. The van der Waals surface area contributed by atoms with Gasteiger partial charge in [-0.1, -0.05) is 32.0 Å². The van der Waals surface area contributed by atoms with E-state index in [-0.39, 0.29) is 22.2 Å². The molecular formula is C26H24F3NO4S. The van der Waals surface area contributed by atoms with Crippen molar-refractivity contribution in [3.63, 3.8) is 0 Å². The second-order valence-electron chi connectivity index (χ2n) is 9.20. The van der Waals surface area contributed by atoms with Gasteiger partial charge in [0.15, 0.2) is 11.7 Å². The molecule has 2 atom stereocenters. The zero-order valence-electron chi connectivity index (χ0n) is 19.0. The molecule has 0 radical (unpaired) electrons. The van der Waals surface area contributed by atoms with Crippen LogP contribution in [0.5, 0.6) is 5.75 Å². The Morgan fingerprint density at radius 1 is 1.03 bits per heavy atom. The summed E-state index contributed by atoms with van der Waals surface area (Å²) in [4.78, 5) is 12.2. The Kier molecular flexibility index (Phi) is 6.29. The largest absolute Gasteiger partial charge is 0.508 e. The number of aromatic hydroxyl groups is 1. The summed E-state index contributed by atoms with van der Waals surface area (Å²) in [5, 5.41) is 36.4. The van der Waals surface area contributed by atoms with Crippen molar-refractivity contribution in [2.75, 3.05) is 0 Å². The van der Waals surface area contributed by atoms with Crippen LogP contribution in [0.4, 0.5) is 13.2 Å². The number of nitrogens with zero attached hydrogens (tertiary/aromatic N) is 1. The number of hydrogen-bond acceptors (Lipinski definition) is 5. The fourth-order valence-electron chi connectivity index (χ4n) is 4.46. The van der Waals surface area contributed by atoms with Crippen LogP contribution in [0, 0.1) is 0 Å². The van der Waals surface area contributed by atoms with E-state index < -0.39 is 35.3 Å². The third kappa shape index (κ3) is 4.47. The van der Waals surface area contributed by atoms with Gasteiger partial charge in [0, 0.05) is 23.2 Å². The quantitative estimate of drug-likeness (QED) is 0.321. The number of aliphatic hydroxyl groups is 2. The number of alkyl halides is 3. The second-order valence-corrected chi connectivity index (χ2v) is 9.98. The number of rotatable bonds is 6. The first-order valence-electron chi connectivity index (χ1n) is 10.8. The number of phenolic OH excluding ortho intramolecular Hbond substituents is 1. The summed E-state index contributed by atoms with van der Waals surface area (Å²) in [5.41, 5.74) is -3.66. The number of hydrogen-bond donors (Lipinski definition) is 3. The minimum Gasteiger partial charge on any atom is -0.508 e. The third-order valence-electron chi connectivity index (χ3n) is 6.31. The molecule has 35 heavy (non-hydrogen) atoms. The number of halogens is 3. The van der Waals surface area contributed by atoms with Crippen molar-refractivity contribution in [1.29, 1.82) is 0 Å². The van der Waals surface area contributed by atoms with E-state index >= 15 is 0 Å². The first-order chi connectivity index (χ1) is 16.3. The molecule has 2 heterocycles. The van der Waals surface area contributed by atoms with Gasteiger partial charge < -0.3 is 19.9 Å². The van der Waals surface area contributed by atoms with Gasteiger partial charge in [0.2, 0.25) is 5.60 Å². The highest BCUT2D eigenvalue weighted by Gasteiger charge is 2.61. The van der Waals surface area contributed by atoms with E-state index in [0.717, 1.165) is 22.4 Å². The maximum absolute atomic E-state index is 14.4. The number of para-hydroxylation sites is 1. The molecule has 9 heteroatoms. The summed E-state index contributed by atoms with van der Waals surface area (Å²) < 4.78 is 44.1. The molecule has 4 aromatic rings. The average Bonchev–Trinajstić information content (AvgIpc) is 3.33. The van der Waals surface area contributed by atoms with Gasteiger partial charge in [0.25, 0.3) is 0 Å². The highest BCUT2D eigenvalue weighted by Crippen LogP contribution is 2.48. The lowest BCUT2D eigenvalue weighted by molar-refractivity contribution is -0.310. The van der Waals surface area contributed by atoms with Crippen molar-refractivity contribution >= 4 is 22.2 Å². The highest BCUT2D eigenvalue weighted by molar-refractivity contribution is 7.08. The molecule has 0 saturated heterocycles. The topological polar surface area (TPSA) is 82.7 Å². The summed E-state index contributed by atoms with van der Waals surface area (Å²) >= 11 is 1.46. The van der Waals surface area contributed by atoms with Gasteiger partial charge in [-0.25, -0.2) is 0 Å². The molecule has 0 spiro atoms. The predicted octanol–water partition coefficient (Wildman–Crippen LogP) is 5.59. The molecule has 0 bridgehead atoms. The van der Waals surface area contributed by atoms with Gasteiger partial charge in [0.05, 0.1) is 5.52 Å². The van der Waals surface area contributed by atoms with Crippen LogP contribution in [-0.4, -0.2) is 31.7 Å². The molecule has 0 fully saturated rings. The lowest BCUT2D eigenvalue weighted by atomic mass is 9.73. The molecule has 0 aliphatic rings. The van der Waals surface area contributed by atoms with E-state index in [9.17, 15) is 33.3 Å². The van der Waals surface area contributed by atoms with Crippen molar-refractivity contribution < 1.29 is 28.5 Å². The fraction of sp³-hybridized carbons (Fsp3) is 0.269. The van der Waals surface area contributed by atoms with Crippen LogP contribution < -0.4 is 5.43 Å². The number of aliphatic hydroxyl groups excluding tert-OH is 1. The Bertz CT molecular complexity index is 1410. The monoisotopic (exact) mass is 503 g/mol. The number of fused-ring (bicyclic) bond motifs is 1. The van der Waals surface area contributed by atoms with Crippen molar-refractivity contribution in [2.45, 2.75) is 43.7 Å². The average molecular weight is 504 g/mol. The molecular weight excluding hydrogens is 479 g/mol. The number of pyridine rings is 1. The molecule has 0 aliphatic heterocycles. The third-order valence-corrected chi connectivity index (χ3v) is 6.99. The van der Waals surface area contributed by atoms with Crippen LogP contribution in [0.3, 0.4) is 0 Å². The van der Waals surface area contributed by atoms with Crippen LogP contribution in [0.25, 0.3) is 22.0 Å². The van der Waals surface area contributed by atoms with Crippen LogP contribution in [0.2, 0.25) is 0 Å².